The van der Waals surface area contributed by atoms with Gasteiger partial charge in [-0.3, -0.25) is 0 Å². The Balaban J connectivity index is 2.21. The summed E-state index contributed by atoms with van der Waals surface area (Å²) in [6, 6.07) is 13.4. The second-order valence-corrected chi connectivity index (χ2v) is 4.38. The SMILES string of the molecule is CCNCC(Oc1cccc(F)c1F)c1ccccc1. The Bertz CT molecular complexity index is 545. The van der Waals surface area contributed by atoms with Crippen molar-refractivity contribution in [2.24, 2.45) is 0 Å². The first kappa shape index (κ1) is 14.5. The predicted octanol–water partition coefficient (Wildman–Crippen LogP) is 3.69. The number of halogens is 2. The summed E-state index contributed by atoms with van der Waals surface area (Å²) in [6.45, 7) is 3.28. The second-order valence-electron chi connectivity index (χ2n) is 4.38. The Hall–Kier alpha value is -1.94. The Morgan fingerprint density at radius 3 is 2.50 bits per heavy atom. The van der Waals surface area contributed by atoms with Gasteiger partial charge in [0.15, 0.2) is 11.6 Å². The molecular formula is C16H17F2NO. The molecule has 0 aromatic heterocycles. The van der Waals surface area contributed by atoms with Crippen LogP contribution in [-0.2, 0) is 0 Å². The molecular weight excluding hydrogens is 260 g/mol. The molecule has 2 rings (SSSR count). The molecule has 20 heavy (non-hydrogen) atoms. The number of nitrogens with one attached hydrogen (secondary N) is 1. The zero-order valence-corrected chi connectivity index (χ0v) is 11.3. The van der Waals surface area contributed by atoms with Crippen LogP contribution in [0, 0.1) is 11.6 Å². The Kier molecular flexibility index (Phi) is 5.07. The van der Waals surface area contributed by atoms with Gasteiger partial charge < -0.3 is 10.1 Å². The minimum Gasteiger partial charge on any atom is -0.481 e. The van der Waals surface area contributed by atoms with Gasteiger partial charge in [0.1, 0.15) is 6.10 Å². The third-order valence-corrected chi connectivity index (χ3v) is 2.94. The predicted molar refractivity (Wildman–Crippen MR) is 74.7 cm³/mol. The lowest BCUT2D eigenvalue weighted by Gasteiger charge is -2.20. The largest absolute Gasteiger partial charge is 0.481 e. The molecule has 2 nitrogen and oxygen atoms in total. The Morgan fingerprint density at radius 1 is 1.05 bits per heavy atom. The van der Waals surface area contributed by atoms with E-state index in [9.17, 15) is 8.78 Å². The first-order valence-corrected chi connectivity index (χ1v) is 6.58. The minimum absolute atomic E-state index is 0.0724. The van der Waals surface area contributed by atoms with E-state index in [2.05, 4.69) is 5.32 Å². The molecule has 0 bridgehead atoms. The van der Waals surface area contributed by atoms with Crippen molar-refractivity contribution in [2.45, 2.75) is 13.0 Å². The van der Waals surface area contributed by atoms with Gasteiger partial charge in [-0.05, 0) is 24.2 Å². The molecule has 106 valence electrons. The molecule has 0 saturated heterocycles. The smallest absolute Gasteiger partial charge is 0.200 e. The normalized spacial score (nSPS) is 12.2. The van der Waals surface area contributed by atoms with Crippen molar-refractivity contribution in [3.05, 3.63) is 65.7 Å². The molecule has 0 radical (unpaired) electrons. The maximum Gasteiger partial charge on any atom is 0.200 e. The van der Waals surface area contributed by atoms with Crippen molar-refractivity contribution in [1.29, 1.82) is 0 Å². The Labute approximate surface area is 117 Å². The van der Waals surface area contributed by atoms with Gasteiger partial charge in [-0.15, -0.1) is 0 Å². The number of hydrogen-bond donors (Lipinski definition) is 1. The average molecular weight is 277 g/mol. The highest BCUT2D eigenvalue weighted by Crippen LogP contribution is 2.25. The summed E-state index contributed by atoms with van der Waals surface area (Å²) in [4.78, 5) is 0. The molecule has 0 saturated carbocycles. The van der Waals surface area contributed by atoms with Gasteiger partial charge in [-0.2, -0.15) is 4.39 Å². The van der Waals surface area contributed by atoms with Gasteiger partial charge in [0, 0.05) is 6.54 Å². The summed E-state index contributed by atoms with van der Waals surface area (Å²) in [7, 11) is 0. The summed E-state index contributed by atoms with van der Waals surface area (Å²) < 4.78 is 32.5. The van der Waals surface area contributed by atoms with Gasteiger partial charge in [0.05, 0.1) is 0 Å². The van der Waals surface area contributed by atoms with E-state index in [-0.39, 0.29) is 11.9 Å². The molecule has 0 aliphatic carbocycles. The fourth-order valence-corrected chi connectivity index (χ4v) is 1.90. The zero-order chi connectivity index (χ0) is 14.4. The minimum atomic E-state index is -0.954. The molecule has 4 heteroatoms. The van der Waals surface area contributed by atoms with Gasteiger partial charge in [0.25, 0.3) is 0 Å². The fraction of sp³-hybridized carbons (Fsp3) is 0.250. The number of benzene rings is 2. The van der Waals surface area contributed by atoms with Crippen LogP contribution < -0.4 is 10.1 Å². The molecule has 1 atom stereocenters. The molecule has 0 amide bonds. The van der Waals surface area contributed by atoms with Crippen LogP contribution in [0.1, 0.15) is 18.6 Å². The second kappa shape index (κ2) is 7.01. The summed E-state index contributed by atoms with van der Waals surface area (Å²) in [5.74, 6) is -1.93. The Morgan fingerprint density at radius 2 is 1.80 bits per heavy atom. The number of ether oxygens (including phenoxy) is 1. The van der Waals surface area contributed by atoms with E-state index in [1.165, 1.54) is 12.1 Å². The van der Waals surface area contributed by atoms with Crippen LogP contribution in [0.4, 0.5) is 8.78 Å². The molecule has 2 aromatic rings. The number of likely N-dealkylation sites (N-methyl/N-ethyl adjacent to an activating group) is 1. The summed E-state index contributed by atoms with van der Waals surface area (Å²) >= 11 is 0. The van der Waals surface area contributed by atoms with E-state index in [0.717, 1.165) is 18.2 Å². The van der Waals surface area contributed by atoms with Crippen LogP contribution >= 0.6 is 0 Å². The highest BCUT2D eigenvalue weighted by molar-refractivity contribution is 5.27. The van der Waals surface area contributed by atoms with Crippen LogP contribution in [0.25, 0.3) is 0 Å². The molecule has 0 aliphatic rings. The third kappa shape index (κ3) is 3.54. The van der Waals surface area contributed by atoms with Crippen LogP contribution in [-0.4, -0.2) is 13.1 Å². The summed E-state index contributed by atoms with van der Waals surface area (Å²) in [5.41, 5.74) is 0.914. The van der Waals surface area contributed by atoms with Crippen molar-refractivity contribution in [3.8, 4) is 5.75 Å². The topological polar surface area (TPSA) is 21.3 Å². The first-order valence-electron chi connectivity index (χ1n) is 6.58. The molecule has 1 unspecified atom stereocenters. The third-order valence-electron chi connectivity index (χ3n) is 2.94. The highest BCUT2D eigenvalue weighted by atomic mass is 19.2. The van der Waals surface area contributed by atoms with Crippen molar-refractivity contribution in [3.63, 3.8) is 0 Å². The fourth-order valence-electron chi connectivity index (χ4n) is 1.90. The van der Waals surface area contributed by atoms with Crippen LogP contribution in [0.15, 0.2) is 48.5 Å². The average Bonchev–Trinajstić information content (AvgIpc) is 2.48. The van der Waals surface area contributed by atoms with Crippen molar-refractivity contribution >= 4 is 0 Å². The van der Waals surface area contributed by atoms with Crippen molar-refractivity contribution in [1.82, 2.24) is 5.32 Å². The maximum absolute atomic E-state index is 13.7. The lowest BCUT2D eigenvalue weighted by atomic mass is 10.1. The monoisotopic (exact) mass is 277 g/mol. The molecule has 2 aromatic carbocycles. The summed E-state index contributed by atoms with van der Waals surface area (Å²) in [5, 5.41) is 3.16. The molecule has 0 spiro atoms. The zero-order valence-electron chi connectivity index (χ0n) is 11.3. The van der Waals surface area contributed by atoms with Crippen LogP contribution in [0.2, 0.25) is 0 Å². The van der Waals surface area contributed by atoms with E-state index >= 15 is 0 Å². The van der Waals surface area contributed by atoms with E-state index < -0.39 is 11.6 Å². The number of hydrogen-bond acceptors (Lipinski definition) is 2. The standard InChI is InChI=1S/C16H17F2NO/c1-2-19-11-15(12-7-4-3-5-8-12)20-14-10-6-9-13(17)16(14)18/h3-10,15,19H,2,11H2,1H3. The highest BCUT2D eigenvalue weighted by Gasteiger charge is 2.16. The van der Waals surface area contributed by atoms with Gasteiger partial charge in [-0.25, -0.2) is 4.39 Å². The molecule has 0 heterocycles. The quantitative estimate of drug-likeness (QED) is 0.869. The van der Waals surface area contributed by atoms with E-state index in [0.29, 0.717) is 6.54 Å². The summed E-state index contributed by atoms with van der Waals surface area (Å²) in [6.07, 6.45) is -0.368. The van der Waals surface area contributed by atoms with Crippen molar-refractivity contribution in [2.75, 3.05) is 13.1 Å². The van der Waals surface area contributed by atoms with Crippen LogP contribution in [0.3, 0.4) is 0 Å². The van der Waals surface area contributed by atoms with Gasteiger partial charge >= 0.3 is 0 Å². The maximum atomic E-state index is 13.7. The molecule has 0 fully saturated rings. The van der Waals surface area contributed by atoms with Gasteiger partial charge in [-0.1, -0.05) is 43.3 Å². The van der Waals surface area contributed by atoms with Gasteiger partial charge in [0.2, 0.25) is 5.82 Å². The van der Waals surface area contributed by atoms with Crippen LogP contribution in [0.5, 0.6) is 5.75 Å². The molecule has 0 aliphatic heterocycles. The first-order chi connectivity index (χ1) is 9.72. The van der Waals surface area contributed by atoms with E-state index in [4.69, 9.17) is 4.74 Å². The lowest BCUT2D eigenvalue weighted by molar-refractivity contribution is 0.191. The number of rotatable bonds is 6. The van der Waals surface area contributed by atoms with Crippen molar-refractivity contribution < 1.29 is 13.5 Å². The molecule has 1 N–H and O–H groups in total. The van der Waals surface area contributed by atoms with E-state index in [1.807, 2.05) is 37.3 Å². The van der Waals surface area contributed by atoms with E-state index in [1.54, 1.807) is 0 Å². The lowest BCUT2D eigenvalue weighted by Crippen LogP contribution is -2.25.